The number of nitrogens with zero attached hydrogens (tertiary/aromatic N) is 1. The maximum absolute atomic E-state index is 11.7. The molecule has 0 radical (unpaired) electrons. The minimum Gasteiger partial charge on any atom is -0.309 e. The monoisotopic (exact) mass is 297 g/mol. The Morgan fingerprint density at radius 2 is 1.94 bits per heavy atom. The number of aromatic nitrogens is 1. The predicted molar refractivity (Wildman–Crippen MR) is 69.0 cm³/mol. The maximum atomic E-state index is 11.7. The average Bonchev–Trinajstić information content (AvgIpc) is 2.27. The van der Waals surface area contributed by atoms with Crippen LogP contribution in [-0.2, 0) is 6.54 Å². The zero-order valence-electron chi connectivity index (χ0n) is 8.36. The van der Waals surface area contributed by atoms with Crippen LogP contribution in [0.25, 0.3) is 0 Å². The van der Waals surface area contributed by atoms with Crippen molar-refractivity contribution < 1.29 is 0 Å². The fourth-order valence-electron chi connectivity index (χ4n) is 1.46. The van der Waals surface area contributed by atoms with Crippen molar-refractivity contribution in [3.05, 3.63) is 68.0 Å². The zero-order chi connectivity index (χ0) is 11.5. The van der Waals surface area contributed by atoms with E-state index >= 15 is 0 Å². The summed E-state index contributed by atoms with van der Waals surface area (Å²) in [5.74, 6) is 0. The van der Waals surface area contributed by atoms with Gasteiger partial charge in [0, 0.05) is 10.7 Å². The third-order valence-corrected chi connectivity index (χ3v) is 2.91. The van der Waals surface area contributed by atoms with Crippen molar-refractivity contribution in [3.8, 4) is 0 Å². The molecular formula is C12H9BrClNO. The second-order valence-corrected chi connectivity index (χ2v) is 4.75. The molecule has 0 unspecified atom stereocenters. The van der Waals surface area contributed by atoms with Crippen LogP contribution in [0.1, 0.15) is 5.56 Å². The molecule has 16 heavy (non-hydrogen) atoms. The first kappa shape index (κ1) is 11.4. The Morgan fingerprint density at radius 3 is 2.62 bits per heavy atom. The van der Waals surface area contributed by atoms with Gasteiger partial charge in [-0.3, -0.25) is 4.79 Å². The molecule has 0 atom stereocenters. The van der Waals surface area contributed by atoms with Gasteiger partial charge in [0.1, 0.15) is 5.02 Å². The first-order valence-electron chi connectivity index (χ1n) is 4.76. The summed E-state index contributed by atoms with van der Waals surface area (Å²) in [4.78, 5) is 11.7. The number of benzene rings is 1. The number of hydrogen-bond acceptors (Lipinski definition) is 1. The molecule has 0 N–H and O–H groups in total. The molecule has 0 spiro atoms. The summed E-state index contributed by atoms with van der Waals surface area (Å²) >= 11 is 9.14. The van der Waals surface area contributed by atoms with Crippen LogP contribution in [0.5, 0.6) is 0 Å². The lowest BCUT2D eigenvalue weighted by molar-refractivity contribution is 0.756. The van der Waals surface area contributed by atoms with Gasteiger partial charge in [-0.25, -0.2) is 0 Å². The molecule has 2 aromatic rings. The van der Waals surface area contributed by atoms with E-state index in [4.69, 9.17) is 11.6 Å². The van der Waals surface area contributed by atoms with E-state index in [0.717, 1.165) is 10.0 Å². The second kappa shape index (κ2) is 4.85. The van der Waals surface area contributed by atoms with E-state index in [1.165, 1.54) is 0 Å². The van der Waals surface area contributed by atoms with Crippen LogP contribution in [0.4, 0.5) is 0 Å². The largest absolute Gasteiger partial charge is 0.309 e. The molecule has 0 bridgehead atoms. The third-order valence-electron chi connectivity index (χ3n) is 2.20. The van der Waals surface area contributed by atoms with Crippen LogP contribution >= 0.6 is 27.5 Å². The summed E-state index contributed by atoms with van der Waals surface area (Å²) < 4.78 is 2.38. The minimum absolute atomic E-state index is 0.172. The average molecular weight is 299 g/mol. The molecule has 1 aromatic carbocycles. The highest BCUT2D eigenvalue weighted by molar-refractivity contribution is 9.10. The SMILES string of the molecule is O=c1c(Cl)cc(Br)cn1Cc1ccccc1. The van der Waals surface area contributed by atoms with E-state index in [1.807, 2.05) is 30.3 Å². The smallest absolute Gasteiger partial charge is 0.269 e. The van der Waals surface area contributed by atoms with Gasteiger partial charge in [-0.05, 0) is 27.6 Å². The molecule has 0 saturated carbocycles. The lowest BCUT2D eigenvalue weighted by Crippen LogP contribution is -2.20. The molecule has 2 nitrogen and oxygen atoms in total. The molecule has 0 aliphatic heterocycles. The van der Waals surface area contributed by atoms with Crippen LogP contribution in [-0.4, -0.2) is 4.57 Å². The Hall–Kier alpha value is -1.06. The molecule has 2 rings (SSSR count). The standard InChI is InChI=1S/C12H9BrClNO/c13-10-6-11(14)12(16)15(8-10)7-9-4-2-1-3-5-9/h1-6,8H,7H2. The van der Waals surface area contributed by atoms with Gasteiger partial charge >= 0.3 is 0 Å². The van der Waals surface area contributed by atoms with Gasteiger partial charge in [0.15, 0.2) is 0 Å². The molecular weight excluding hydrogens is 289 g/mol. The normalized spacial score (nSPS) is 10.4. The molecule has 0 aliphatic carbocycles. The van der Waals surface area contributed by atoms with Crippen LogP contribution in [0.2, 0.25) is 5.02 Å². The molecule has 0 fully saturated rings. The van der Waals surface area contributed by atoms with Crippen molar-refractivity contribution in [1.82, 2.24) is 4.57 Å². The van der Waals surface area contributed by atoms with Crippen LogP contribution in [0.3, 0.4) is 0 Å². The quantitative estimate of drug-likeness (QED) is 0.834. The molecule has 1 aromatic heterocycles. The van der Waals surface area contributed by atoms with E-state index in [-0.39, 0.29) is 10.6 Å². The summed E-state index contributed by atoms with van der Waals surface area (Å²) in [5.41, 5.74) is 0.896. The first-order valence-corrected chi connectivity index (χ1v) is 5.93. The van der Waals surface area contributed by atoms with E-state index in [9.17, 15) is 4.79 Å². The van der Waals surface area contributed by atoms with Crippen molar-refractivity contribution >= 4 is 27.5 Å². The number of hydrogen-bond donors (Lipinski definition) is 0. The molecule has 0 aliphatic rings. The highest BCUT2D eigenvalue weighted by Gasteiger charge is 2.03. The Balaban J connectivity index is 2.39. The lowest BCUT2D eigenvalue weighted by atomic mass is 10.2. The van der Waals surface area contributed by atoms with E-state index in [2.05, 4.69) is 15.9 Å². The van der Waals surface area contributed by atoms with Crippen LogP contribution in [0, 0.1) is 0 Å². The van der Waals surface area contributed by atoms with Crippen molar-refractivity contribution in [2.75, 3.05) is 0 Å². The topological polar surface area (TPSA) is 22.0 Å². The third kappa shape index (κ3) is 2.54. The van der Waals surface area contributed by atoms with Gasteiger partial charge in [-0.15, -0.1) is 0 Å². The van der Waals surface area contributed by atoms with Gasteiger partial charge in [0.05, 0.1) is 6.54 Å². The van der Waals surface area contributed by atoms with Gasteiger partial charge < -0.3 is 4.57 Å². The van der Waals surface area contributed by atoms with Gasteiger partial charge in [-0.1, -0.05) is 41.9 Å². The maximum Gasteiger partial charge on any atom is 0.269 e. The Bertz CT molecular complexity index is 551. The van der Waals surface area contributed by atoms with E-state index in [0.29, 0.717) is 6.54 Å². The minimum atomic E-state index is -0.172. The highest BCUT2D eigenvalue weighted by atomic mass is 79.9. The molecule has 0 amide bonds. The molecule has 4 heteroatoms. The fraction of sp³-hybridized carbons (Fsp3) is 0.0833. The number of halogens is 2. The molecule has 0 saturated heterocycles. The summed E-state index contributed by atoms with van der Waals surface area (Å²) in [7, 11) is 0. The Labute approximate surface area is 107 Å². The van der Waals surface area contributed by atoms with E-state index in [1.54, 1.807) is 16.8 Å². The van der Waals surface area contributed by atoms with Gasteiger partial charge in [0.2, 0.25) is 0 Å². The van der Waals surface area contributed by atoms with Crippen LogP contribution in [0.15, 0.2) is 51.9 Å². The first-order chi connectivity index (χ1) is 7.66. The molecule has 82 valence electrons. The van der Waals surface area contributed by atoms with E-state index < -0.39 is 0 Å². The Morgan fingerprint density at radius 1 is 1.25 bits per heavy atom. The van der Waals surface area contributed by atoms with Crippen molar-refractivity contribution in [2.24, 2.45) is 0 Å². The van der Waals surface area contributed by atoms with Crippen molar-refractivity contribution in [3.63, 3.8) is 0 Å². The summed E-state index contributed by atoms with van der Waals surface area (Å²) in [6.07, 6.45) is 1.74. The fourth-order valence-corrected chi connectivity index (χ4v) is 2.30. The predicted octanol–water partition coefficient (Wildman–Crippen LogP) is 3.31. The van der Waals surface area contributed by atoms with Crippen molar-refractivity contribution in [1.29, 1.82) is 0 Å². The zero-order valence-corrected chi connectivity index (χ0v) is 10.7. The Kier molecular flexibility index (Phi) is 3.46. The van der Waals surface area contributed by atoms with Crippen molar-refractivity contribution in [2.45, 2.75) is 6.54 Å². The number of pyridine rings is 1. The highest BCUT2D eigenvalue weighted by Crippen LogP contribution is 2.13. The number of rotatable bonds is 2. The summed E-state index contributed by atoms with van der Waals surface area (Å²) in [6.45, 7) is 0.527. The van der Waals surface area contributed by atoms with Gasteiger partial charge in [-0.2, -0.15) is 0 Å². The lowest BCUT2D eigenvalue weighted by Gasteiger charge is -2.06. The second-order valence-electron chi connectivity index (χ2n) is 3.42. The summed E-state index contributed by atoms with van der Waals surface area (Å²) in [6, 6.07) is 11.4. The summed E-state index contributed by atoms with van der Waals surface area (Å²) in [5, 5.41) is 0.227. The van der Waals surface area contributed by atoms with Gasteiger partial charge in [0.25, 0.3) is 5.56 Å². The molecule has 1 heterocycles. The van der Waals surface area contributed by atoms with Crippen LogP contribution < -0.4 is 5.56 Å².